The third-order valence-corrected chi connectivity index (χ3v) is 8.96. The lowest BCUT2D eigenvalue weighted by Crippen LogP contribution is -2.72. The second kappa shape index (κ2) is 15.0. The number of hydrogen-bond acceptors (Lipinski definition) is 4. The Labute approximate surface area is 261 Å². The second-order valence-electron chi connectivity index (χ2n) is 11.9. The van der Waals surface area contributed by atoms with E-state index in [-0.39, 0.29) is 17.8 Å². The Morgan fingerprint density at radius 3 is 2.30 bits per heavy atom. The maximum Gasteiger partial charge on any atom is 0.319 e. The SMILES string of the molecule is CCCN1C(=O)[C@H](CCCCNC(=O)Nc2ccccc2-c2ccccc2)NC(=O)C12CCN(CCc1ccccc1)CC2. The van der Waals surface area contributed by atoms with Gasteiger partial charge < -0.3 is 25.8 Å². The van der Waals surface area contributed by atoms with Crippen LogP contribution in [0.4, 0.5) is 10.5 Å². The maximum absolute atomic E-state index is 13.7. The molecule has 8 heteroatoms. The van der Waals surface area contributed by atoms with E-state index in [1.54, 1.807) is 0 Å². The molecule has 0 saturated carbocycles. The predicted octanol–water partition coefficient (Wildman–Crippen LogP) is 5.46. The molecule has 1 spiro atoms. The van der Waals surface area contributed by atoms with Crippen LogP contribution < -0.4 is 16.0 Å². The summed E-state index contributed by atoms with van der Waals surface area (Å²) in [7, 11) is 0. The predicted molar refractivity (Wildman–Crippen MR) is 175 cm³/mol. The first-order valence-corrected chi connectivity index (χ1v) is 16.1. The molecule has 3 aromatic rings. The Balaban J connectivity index is 1.07. The smallest absolute Gasteiger partial charge is 0.319 e. The van der Waals surface area contributed by atoms with Crippen LogP contribution in [0.5, 0.6) is 0 Å². The molecule has 8 nitrogen and oxygen atoms in total. The van der Waals surface area contributed by atoms with Crippen molar-refractivity contribution in [1.29, 1.82) is 0 Å². The zero-order chi connectivity index (χ0) is 30.8. The highest BCUT2D eigenvalue weighted by molar-refractivity contribution is 6.00. The molecule has 0 radical (unpaired) electrons. The molecule has 2 aliphatic rings. The summed E-state index contributed by atoms with van der Waals surface area (Å²) >= 11 is 0. The summed E-state index contributed by atoms with van der Waals surface area (Å²) in [5.74, 6) is 0.0280. The van der Waals surface area contributed by atoms with Crippen molar-refractivity contribution >= 4 is 23.5 Å². The van der Waals surface area contributed by atoms with Gasteiger partial charge in [0, 0.05) is 38.3 Å². The van der Waals surface area contributed by atoms with Crippen molar-refractivity contribution in [1.82, 2.24) is 20.4 Å². The number of amides is 4. The minimum absolute atomic E-state index is 0.00663. The maximum atomic E-state index is 13.7. The van der Waals surface area contributed by atoms with Crippen molar-refractivity contribution in [3.63, 3.8) is 0 Å². The van der Waals surface area contributed by atoms with Crippen molar-refractivity contribution in [3.8, 4) is 11.1 Å². The van der Waals surface area contributed by atoms with Crippen molar-refractivity contribution in [3.05, 3.63) is 90.5 Å². The zero-order valence-corrected chi connectivity index (χ0v) is 25.8. The summed E-state index contributed by atoms with van der Waals surface area (Å²) in [5, 5.41) is 8.99. The van der Waals surface area contributed by atoms with Gasteiger partial charge in [-0.05, 0) is 62.1 Å². The first kappa shape index (κ1) is 31.3. The van der Waals surface area contributed by atoms with E-state index < -0.39 is 11.6 Å². The molecule has 5 rings (SSSR count). The number of anilines is 1. The summed E-state index contributed by atoms with van der Waals surface area (Å²) in [6, 6.07) is 27.4. The van der Waals surface area contributed by atoms with Gasteiger partial charge in [0.2, 0.25) is 11.8 Å². The first-order valence-electron chi connectivity index (χ1n) is 16.1. The third-order valence-electron chi connectivity index (χ3n) is 8.96. The summed E-state index contributed by atoms with van der Waals surface area (Å²) in [4.78, 5) is 44.2. The van der Waals surface area contributed by atoms with Crippen LogP contribution in [0.2, 0.25) is 0 Å². The molecule has 2 fully saturated rings. The van der Waals surface area contributed by atoms with Crippen LogP contribution in [-0.4, -0.2) is 71.9 Å². The van der Waals surface area contributed by atoms with Gasteiger partial charge in [0.05, 0.1) is 5.69 Å². The minimum Gasteiger partial charge on any atom is -0.342 e. The van der Waals surface area contributed by atoms with Gasteiger partial charge in [-0.2, -0.15) is 0 Å². The average Bonchev–Trinajstić information content (AvgIpc) is 3.06. The lowest BCUT2D eigenvalue weighted by Gasteiger charge is -2.51. The van der Waals surface area contributed by atoms with E-state index in [9.17, 15) is 14.4 Å². The minimum atomic E-state index is -0.747. The lowest BCUT2D eigenvalue weighted by molar-refractivity contribution is -0.161. The van der Waals surface area contributed by atoms with Crippen LogP contribution in [0.3, 0.4) is 0 Å². The topological polar surface area (TPSA) is 93.8 Å². The Kier molecular flexibility index (Phi) is 10.7. The van der Waals surface area contributed by atoms with E-state index in [0.29, 0.717) is 38.8 Å². The molecule has 2 heterocycles. The van der Waals surface area contributed by atoms with E-state index in [2.05, 4.69) is 52.0 Å². The number of carbonyl (C=O) groups excluding carboxylic acids is 3. The molecular formula is C36H45N5O3. The van der Waals surface area contributed by atoms with Gasteiger partial charge in [-0.15, -0.1) is 0 Å². The van der Waals surface area contributed by atoms with Gasteiger partial charge in [0.15, 0.2) is 0 Å². The molecule has 0 bridgehead atoms. The van der Waals surface area contributed by atoms with E-state index >= 15 is 0 Å². The normalized spacial score (nSPS) is 18.2. The average molecular weight is 596 g/mol. The Hall–Kier alpha value is -4.17. The highest BCUT2D eigenvalue weighted by Gasteiger charge is 2.52. The van der Waals surface area contributed by atoms with Gasteiger partial charge >= 0.3 is 6.03 Å². The third kappa shape index (κ3) is 7.48. The number of hydrogen-bond donors (Lipinski definition) is 3. The molecule has 0 unspecified atom stereocenters. The van der Waals surface area contributed by atoms with Crippen LogP contribution in [-0.2, 0) is 16.0 Å². The quantitative estimate of drug-likeness (QED) is 0.243. The number of nitrogens with zero attached hydrogens (tertiary/aromatic N) is 2. The number of nitrogens with one attached hydrogen (secondary N) is 3. The van der Waals surface area contributed by atoms with Crippen LogP contribution in [0, 0.1) is 0 Å². The Morgan fingerprint density at radius 2 is 1.57 bits per heavy atom. The van der Waals surface area contributed by atoms with Gasteiger partial charge in [-0.25, -0.2) is 4.79 Å². The fourth-order valence-corrected chi connectivity index (χ4v) is 6.50. The summed E-state index contributed by atoms with van der Waals surface area (Å²) in [6.07, 6.45) is 5.12. The van der Waals surface area contributed by atoms with Crippen molar-refractivity contribution in [2.75, 3.05) is 38.0 Å². The highest BCUT2D eigenvalue weighted by Crippen LogP contribution is 2.34. The number of benzene rings is 3. The van der Waals surface area contributed by atoms with Crippen molar-refractivity contribution < 1.29 is 14.4 Å². The molecule has 2 aliphatic heterocycles. The monoisotopic (exact) mass is 595 g/mol. The van der Waals surface area contributed by atoms with Crippen LogP contribution in [0.25, 0.3) is 11.1 Å². The van der Waals surface area contributed by atoms with E-state index in [0.717, 1.165) is 55.7 Å². The first-order chi connectivity index (χ1) is 21.5. The molecule has 0 aliphatic carbocycles. The largest absolute Gasteiger partial charge is 0.342 e. The van der Waals surface area contributed by atoms with Gasteiger partial charge in [0.1, 0.15) is 11.6 Å². The van der Waals surface area contributed by atoms with Crippen molar-refractivity contribution in [2.24, 2.45) is 0 Å². The molecule has 3 N–H and O–H groups in total. The summed E-state index contributed by atoms with van der Waals surface area (Å²) < 4.78 is 0. The van der Waals surface area contributed by atoms with Gasteiger partial charge in [0.25, 0.3) is 0 Å². The van der Waals surface area contributed by atoms with Crippen LogP contribution >= 0.6 is 0 Å². The number of para-hydroxylation sites is 1. The molecule has 4 amide bonds. The summed E-state index contributed by atoms with van der Waals surface area (Å²) in [5.41, 5.74) is 3.32. The number of urea groups is 1. The molecule has 3 aromatic carbocycles. The number of piperazine rings is 1. The highest BCUT2D eigenvalue weighted by atomic mass is 16.2. The standard InChI is InChI=1S/C36H45N5O3/c1-2-24-41-33(42)32(38-34(43)36(41)21-26-40(27-22-36)25-20-28-13-5-3-6-14-28)19-11-12-23-37-35(44)39-31-18-10-9-17-30(31)29-15-7-4-8-16-29/h3-10,13-18,32H,2,11-12,19-27H2,1H3,(H,38,43)(H2,37,39,44)/t32-/m0/s1. The fraction of sp³-hybridized carbons (Fsp3) is 0.417. The van der Waals surface area contributed by atoms with E-state index in [1.165, 1.54) is 5.56 Å². The summed E-state index contributed by atoms with van der Waals surface area (Å²) in [6.45, 7) is 5.71. The molecule has 0 aromatic heterocycles. The van der Waals surface area contributed by atoms with E-state index in [1.807, 2.05) is 65.6 Å². The van der Waals surface area contributed by atoms with Crippen molar-refractivity contribution in [2.45, 2.75) is 63.5 Å². The van der Waals surface area contributed by atoms with Crippen LogP contribution in [0.1, 0.15) is 51.0 Å². The molecule has 232 valence electrons. The molecule has 44 heavy (non-hydrogen) atoms. The Bertz CT molecular complexity index is 1390. The van der Waals surface area contributed by atoms with E-state index in [4.69, 9.17) is 0 Å². The Morgan fingerprint density at radius 1 is 0.886 bits per heavy atom. The zero-order valence-electron chi connectivity index (χ0n) is 25.8. The number of piperidine rings is 1. The number of unbranched alkanes of at least 4 members (excludes halogenated alkanes) is 1. The number of carbonyl (C=O) groups is 3. The van der Waals surface area contributed by atoms with Crippen LogP contribution in [0.15, 0.2) is 84.9 Å². The van der Waals surface area contributed by atoms with Gasteiger partial charge in [-0.3, -0.25) is 9.59 Å². The van der Waals surface area contributed by atoms with Gasteiger partial charge in [-0.1, -0.05) is 85.8 Å². The molecule has 1 atom stereocenters. The number of rotatable bonds is 12. The molecule has 2 saturated heterocycles. The lowest BCUT2D eigenvalue weighted by atomic mass is 9.81. The number of likely N-dealkylation sites (tertiary alicyclic amines) is 1. The second-order valence-corrected chi connectivity index (χ2v) is 11.9. The molecular weight excluding hydrogens is 550 g/mol. The fourth-order valence-electron chi connectivity index (χ4n) is 6.50.